The number of pyridine rings is 1. The Morgan fingerprint density at radius 3 is 2.78 bits per heavy atom. The monoisotopic (exact) mass is 429 g/mol. The van der Waals surface area contributed by atoms with E-state index < -0.39 is 5.82 Å². The first-order valence-electron chi connectivity index (χ1n) is 11.4. The molecule has 1 aliphatic heterocycles. The molecule has 4 N–H and O–H groups in total. The Kier molecular flexibility index (Phi) is 5.33. The number of allylic oxidation sites excluding steroid dienone is 3. The predicted octanol–water partition coefficient (Wildman–Crippen LogP) is 5.94. The summed E-state index contributed by atoms with van der Waals surface area (Å²) in [7, 11) is 0. The topological polar surface area (TPSA) is 70.9 Å². The first kappa shape index (κ1) is 20.6. The molecule has 4 nitrogen and oxygen atoms in total. The lowest BCUT2D eigenvalue weighted by atomic mass is 9.82. The number of anilines is 2. The molecule has 0 atom stereocenters. The van der Waals surface area contributed by atoms with Crippen molar-refractivity contribution in [3.05, 3.63) is 87.0 Å². The predicted molar refractivity (Wildman–Crippen MR) is 130 cm³/mol. The van der Waals surface area contributed by atoms with E-state index in [0.717, 1.165) is 12.1 Å². The largest absolute Gasteiger partial charge is 0.397 e. The Labute approximate surface area is 187 Å². The third kappa shape index (κ3) is 3.72. The first-order valence-corrected chi connectivity index (χ1v) is 11.4. The SMILES string of the molecule is CC=C1CCC(Cc2ccc3c(c2)NC(c2c(N)c4c(F)cccc4[nH]c2=O)=CC3)CC1. The van der Waals surface area contributed by atoms with E-state index in [-0.39, 0.29) is 16.6 Å². The molecule has 0 amide bonds. The van der Waals surface area contributed by atoms with Crippen molar-refractivity contribution in [3.8, 4) is 0 Å². The summed E-state index contributed by atoms with van der Waals surface area (Å²) in [5, 5.41) is 3.65. The molecular formula is C27H28FN3O. The Bertz CT molecular complexity index is 1310. The van der Waals surface area contributed by atoms with Gasteiger partial charge in [0.25, 0.3) is 5.56 Å². The smallest absolute Gasteiger partial charge is 0.259 e. The molecule has 1 aliphatic carbocycles. The summed E-state index contributed by atoms with van der Waals surface area (Å²) in [6.07, 6.45) is 10.9. The zero-order chi connectivity index (χ0) is 22.2. The van der Waals surface area contributed by atoms with E-state index in [1.165, 1.54) is 42.9 Å². The van der Waals surface area contributed by atoms with Gasteiger partial charge in [-0.2, -0.15) is 0 Å². The third-order valence-corrected chi connectivity index (χ3v) is 6.95. The van der Waals surface area contributed by atoms with Crippen LogP contribution >= 0.6 is 0 Å². The second kappa shape index (κ2) is 8.30. The standard InChI is InChI=1S/C27H28FN3O/c1-2-16-6-8-17(9-7-16)14-18-10-11-19-12-13-22(30-23(19)15-18)25-26(29)24-20(28)4-3-5-21(24)31-27(25)32/h2-5,10-11,13,15,17,30H,6-9,12,14H2,1H3,(H3,29,31,32). The molecule has 3 aromatic rings. The van der Waals surface area contributed by atoms with Crippen molar-refractivity contribution < 1.29 is 4.39 Å². The van der Waals surface area contributed by atoms with Crippen LogP contribution in [0.15, 0.2) is 58.9 Å². The molecule has 0 radical (unpaired) electrons. The number of hydrogen-bond acceptors (Lipinski definition) is 3. The Hall–Kier alpha value is -3.34. The van der Waals surface area contributed by atoms with Crippen molar-refractivity contribution >= 4 is 28.0 Å². The van der Waals surface area contributed by atoms with Crippen LogP contribution in [0.2, 0.25) is 0 Å². The summed E-state index contributed by atoms with van der Waals surface area (Å²) in [5.41, 5.74) is 12.6. The molecule has 1 saturated carbocycles. The van der Waals surface area contributed by atoms with E-state index in [0.29, 0.717) is 29.1 Å². The van der Waals surface area contributed by atoms with Gasteiger partial charge in [-0.05, 0) is 80.7 Å². The average molecular weight is 430 g/mol. The van der Waals surface area contributed by atoms with Gasteiger partial charge in [0.2, 0.25) is 0 Å². The van der Waals surface area contributed by atoms with Gasteiger partial charge in [-0.1, -0.05) is 35.9 Å². The van der Waals surface area contributed by atoms with Gasteiger partial charge in [0, 0.05) is 11.4 Å². The minimum absolute atomic E-state index is 0.169. The highest BCUT2D eigenvalue weighted by molar-refractivity contribution is 5.98. The number of hydrogen-bond donors (Lipinski definition) is 3. The lowest BCUT2D eigenvalue weighted by Gasteiger charge is -2.25. The summed E-state index contributed by atoms with van der Waals surface area (Å²) < 4.78 is 14.4. The molecule has 2 aliphatic rings. The van der Waals surface area contributed by atoms with Crippen LogP contribution in [0.5, 0.6) is 0 Å². The maximum atomic E-state index is 14.4. The number of rotatable bonds is 3. The number of nitrogens with two attached hydrogens (primary N) is 1. The second-order valence-corrected chi connectivity index (χ2v) is 8.94. The van der Waals surface area contributed by atoms with Gasteiger partial charge in [0.1, 0.15) is 5.82 Å². The van der Waals surface area contributed by atoms with Crippen molar-refractivity contribution in [2.45, 2.75) is 45.4 Å². The third-order valence-electron chi connectivity index (χ3n) is 6.95. The van der Waals surface area contributed by atoms with Crippen LogP contribution < -0.4 is 16.6 Å². The summed E-state index contributed by atoms with van der Waals surface area (Å²) in [6.45, 7) is 2.14. The molecule has 0 saturated heterocycles. The molecule has 1 fully saturated rings. The second-order valence-electron chi connectivity index (χ2n) is 8.94. The molecule has 0 unspecified atom stereocenters. The van der Waals surface area contributed by atoms with E-state index in [4.69, 9.17) is 5.73 Å². The number of nitrogens with one attached hydrogen (secondary N) is 2. The highest BCUT2D eigenvalue weighted by Crippen LogP contribution is 2.35. The lowest BCUT2D eigenvalue weighted by molar-refractivity contribution is 0.406. The minimum Gasteiger partial charge on any atom is -0.397 e. The fourth-order valence-electron chi connectivity index (χ4n) is 5.09. The summed E-state index contributed by atoms with van der Waals surface area (Å²) in [6, 6.07) is 11.2. The van der Waals surface area contributed by atoms with E-state index in [9.17, 15) is 9.18 Å². The zero-order valence-corrected chi connectivity index (χ0v) is 18.3. The van der Waals surface area contributed by atoms with Gasteiger partial charge in [-0.15, -0.1) is 0 Å². The van der Waals surface area contributed by atoms with Crippen molar-refractivity contribution in [2.24, 2.45) is 5.92 Å². The molecule has 32 heavy (non-hydrogen) atoms. The normalized spacial score (nSPS) is 18.1. The molecule has 2 heterocycles. The highest BCUT2D eigenvalue weighted by Gasteiger charge is 2.21. The number of fused-ring (bicyclic) bond motifs is 2. The van der Waals surface area contributed by atoms with Crippen molar-refractivity contribution in [1.29, 1.82) is 0 Å². The molecule has 5 rings (SSSR count). The van der Waals surface area contributed by atoms with Crippen LogP contribution in [0, 0.1) is 11.7 Å². The van der Waals surface area contributed by atoms with Crippen LogP contribution in [-0.4, -0.2) is 4.98 Å². The molecule has 2 aromatic carbocycles. The van der Waals surface area contributed by atoms with Crippen LogP contribution in [0.1, 0.15) is 49.3 Å². The number of benzene rings is 2. The molecule has 164 valence electrons. The van der Waals surface area contributed by atoms with Crippen LogP contribution in [0.3, 0.4) is 0 Å². The number of H-pyrrole nitrogens is 1. The Balaban J connectivity index is 1.42. The maximum Gasteiger partial charge on any atom is 0.259 e. The van der Waals surface area contributed by atoms with E-state index in [2.05, 4.69) is 41.5 Å². The summed E-state index contributed by atoms with van der Waals surface area (Å²) in [5.74, 6) is 0.266. The van der Waals surface area contributed by atoms with Gasteiger partial charge in [-0.25, -0.2) is 4.39 Å². The molecule has 1 aromatic heterocycles. The molecule has 0 spiro atoms. The quantitative estimate of drug-likeness (QED) is 0.451. The molecule has 5 heteroatoms. The van der Waals surface area contributed by atoms with Crippen LogP contribution in [0.25, 0.3) is 16.6 Å². The average Bonchev–Trinajstić information content (AvgIpc) is 2.79. The number of aromatic nitrogens is 1. The number of nitrogen functional groups attached to an aromatic ring is 1. The Morgan fingerprint density at radius 2 is 2.00 bits per heavy atom. The van der Waals surface area contributed by atoms with E-state index >= 15 is 0 Å². The van der Waals surface area contributed by atoms with E-state index in [1.54, 1.807) is 17.7 Å². The highest BCUT2D eigenvalue weighted by atomic mass is 19.1. The van der Waals surface area contributed by atoms with Crippen LogP contribution in [0.4, 0.5) is 15.8 Å². The van der Waals surface area contributed by atoms with Gasteiger partial charge in [0.05, 0.1) is 22.2 Å². The van der Waals surface area contributed by atoms with Gasteiger partial charge in [0.15, 0.2) is 0 Å². The lowest BCUT2D eigenvalue weighted by Crippen LogP contribution is -2.20. The van der Waals surface area contributed by atoms with Gasteiger partial charge in [-0.3, -0.25) is 4.79 Å². The first-order chi connectivity index (χ1) is 15.5. The summed E-state index contributed by atoms with van der Waals surface area (Å²) in [4.78, 5) is 15.6. The Morgan fingerprint density at radius 1 is 1.19 bits per heavy atom. The van der Waals surface area contributed by atoms with Gasteiger partial charge >= 0.3 is 0 Å². The minimum atomic E-state index is -0.440. The van der Waals surface area contributed by atoms with E-state index in [1.807, 2.05) is 6.08 Å². The molecular weight excluding hydrogens is 401 g/mol. The van der Waals surface area contributed by atoms with Gasteiger partial charge < -0.3 is 16.0 Å². The summed E-state index contributed by atoms with van der Waals surface area (Å²) >= 11 is 0. The number of halogens is 1. The van der Waals surface area contributed by atoms with Crippen molar-refractivity contribution in [3.63, 3.8) is 0 Å². The molecule has 0 bridgehead atoms. The van der Waals surface area contributed by atoms with Crippen molar-refractivity contribution in [1.82, 2.24) is 4.98 Å². The number of aromatic amines is 1. The fraction of sp³-hybridized carbons (Fsp3) is 0.296. The zero-order valence-electron chi connectivity index (χ0n) is 18.3. The fourth-order valence-corrected chi connectivity index (χ4v) is 5.09. The van der Waals surface area contributed by atoms with Crippen LogP contribution in [-0.2, 0) is 12.8 Å². The van der Waals surface area contributed by atoms with Crippen molar-refractivity contribution in [2.75, 3.05) is 11.1 Å². The maximum absolute atomic E-state index is 14.4.